The molecule has 0 fully saturated rings. The van der Waals surface area contributed by atoms with Crippen LogP contribution in [0, 0.1) is 0 Å². The minimum absolute atomic E-state index is 0.00821. The molecule has 0 amide bonds. The molecule has 1 atom stereocenters. The predicted octanol–water partition coefficient (Wildman–Crippen LogP) is 11.7. The molecule has 0 spiro atoms. The Morgan fingerprint density at radius 1 is 0.750 bits per heavy atom. The van der Waals surface area contributed by atoms with Gasteiger partial charge in [0.1, 0.15) is 5.75 Å². The van der Waals surface area contributed by atoms with E-state index in [1.54, 1.807) is 0 Å². The van der Waals surface area contributed by atoms with Crippen molar-refractivity contribution in [2.45, 2.75) is 181 Å². The third-order valence-corrected chi connectivity index (χ3v) is 9.36. The van der Waals surface area contributed by atoms with E-state index in [0.717, 1.165) is 28.0 Å². The maximum absolute atomic E-state index is 11.8. The van der Waals surface area contributed by atoms with Crippen LogP contribution >= 0.6 is 11.8 Å². The summed E-state index contributed by atoms with van der Waals surface area (Å²) in [4.78, 5) is 11.8. The van der Waals surface area contributed by atoms with Crippen LogP contribution in [-0.4, -0.2) is 21.9 Å². The lowest BCUT2D eigenvalue weighted by molar-refractivity contribution is -0.136. The first-order valence-electron chi connectivity index (χ1n) is 16.5. The highest BCUT2D eigenvalue weighted by molar-refractivity contribution is 7.99. The second-order valence-electron chi connectivity index (χ2n) is 14.1. The summed E-state index contributed by atoms with van der Waals surface area (Å²) in [6.07, 6.45) is 22.0. The molecule has 0 aromatic heterocycles. The number of unbranched alkanes of at least 4 members (excludes halogenated alkanes) is 15. The van der Waals surface area contributed by atoms with Crippen LogP contribution in [0.1, 0.15) is 186 Å². The van der Waals surface area contributed by atoms with Crippen LogP contribution in [-0.2, 0) is 22.0 Å². The lowest BCUT2D eigenvalue weighted by atomic mass is 9.74. The van der Waals surface area contributed by atoms with Gasteiger partial charge in [-0.05, 0) is 46.6 Å². The summed E-state index contributed by atoms with van der Waals surface area (Å²) in [7, 11) is 0. The van der Waals surface area contributed by atoms with Gasteiger partial charge < -0.3 is 10.2 Å². The second kappa shape index (κ2) is 19.1. The number of hydrogen-bond donors (Lipinski definition) is 2. The van der Waals surface area contributed by atoms with Crippen LogP contribution in [0.15, 0.2) is 6.07 Å². The van der Waals surface area contributed by atoms with Crippen LogP contribution in [0.3, 0.4) is 0 Å². The molecule has 0 aliphatic carbocycles. The second-order valence-corrected chi connectivity index (χ2v) is 15.6. The van der Waals surface area contributed by atoms with Gasteiger partial charge in [0, 0.05) is 10.8 Å². The number of carbonyl (C=O) groups is 1. The van der Waals surface area contributed by atoms with Gasteiger partial charge in [0.15, 0.2) is 0 Å². The molecule has 0 radical (unpaired) electrons. The first-order chi connectivity index (χ1) is 18.8. The molecule has 4 heteroatoms. The number of phenolic OH excluding ortho intramolecular Hbond substituents is 1. The summed E-state index contributed by atoms with van der Waals surface area (Å²) >= 11 is 1.91. The Balaban J connectivity index is 2.47. The zero-order valence-corrected chi connectivity index (χ0v) is 28.4. The Kier molecular flexibility index (Phi) is 17.6. The quantitative estimate of drug-likeness (QED) is 0.143. The fourth-order valence-electron chi connectivity index (χ4n) is 5.84. The van der Waals surface area contributed by atoms with Gasteiger partial charge in [-0.1, -0.05) is 151 Å². The van der Waals surface area contributed by atoms with Gasteiger partial charge in [0.2, 0.25) is 0 Å². The largest absolute Gasteiger partial charge is 0.507 e. The van der Waals surface area contributed by atoms with Crippen LogP contribution in [0.2, 0.25) is 0 Å². The van der Waals surface area contributed by atoms with E-state index in [1.807, 2.05) is 17.8 Å². The van der Waals surface area contributed by atoms with Crippen molar-refractivity contribution >= 4 is 17.7 Å². The molecule has 1 rings (SSSR count). The number of thioether (sulfide) groups is 1. The normalized spacial score (nSPS) is 13.1. The molecule has 1 unspecified atom stereocenters. The first-order valence-corrected chi connectivity index (χ1v) is 17.6. The van der Waals surface area contributed by atoms with Gasteiger partial charge in [0.25, 0.3) is 0 Å². The van der Waals surface area contributed by atoms with E-state index in [2.05, 4.69) is 55.4 Å². The number of aliphatic carboxylic acids is 1. The van der Waals surface area contributed by atoms with E-state index in [4.69, 9.17) is 0 Å². The van der Waals surface area contributed by atoms with Crippen molar-refractivity contribution in [3.05, 3.63) is 28.3 Å². The minimum atomic E-state index is -0.818. The number of rotatable bonds is 21. The monoisotopic (exact) mass is 576 g/mol. The summed E-state index contributed by atoms with van der Waals surface area (Å²) in [5.41, 5.74) is 3.10. The van der Waals surface area contributed by atoms with Crippen molar-refractivity contribution in [1.82, 2.24) is 0 Å². The molecule has 0 aliphatic rings. The highest BCUT2D eigenvalue weighted by Crippen LogP contribution is 2.47. The van der Waals surface area contributed by atoms with Crippen LogP contribution in [0.25, 0.3) is 0 Å². The number of hydrogen-bond acceptors (Lipinski definition) is 3. The van der Waals surface area contributed by atoms with E-state index in [-0.39, 0.29) is 22.5 Å². The number of phenols is 1. The Morgan fingerprint density at radius 3 is 1.55 bits per heavy atom. The third-order valence-electron chi connectivity index (χ3n) is 8.10. The molecule has 0 heterocycles. The third kappa shape index (κ3) is 14.1. The van der Waals surface area contributed by atoms with Gasteiger partial charge in [-0.25, -0.2) is 0 Å². The van der Waals surface area contributed by atoms with Crippen LogP contribution in [0.5, 0.6) is 5.75 Å². The highest BCUT2D eigenvalue weighted by atomic mass is 32.2. The number of benzene rings is 1. The Morgan fingerprint density at radius 2 is 1.18 bits per heavy atom. The van der Waals surface area contributed by atoms with Crippen LogP contribution < -0.4 is 0 Å². The van der Waals surface area contributed by atoms with Gasteiger partial charge in [-0.3, -0.25) is 4.79 Å². The number of carboxylic acid groups (broad SMARTS) is 1. The Hall–Kier alpha value is -1.16. The smallest absolute Gasteiger partial charge is 0.307 e. The zero-order valence-electron chi connectivity index (χ0n) is 27.6. The van der Waals surface area contributed by atoms with E-state index in [0.29, 0.717) is 5.75 Å². The lowest BCUT2D eigenvalue weighted by Crippen LogP contribution is -2.22. The molecular formula is C36H64O3S. The zero-order chi connectivity index (χ0) is 30.2. The topological polar surface area (TPSA) is 57.5 Å². The van der Waals surface area contributed by atoms with Crippen LogP contribution in [0.4, 0.5) is 0 Å². The standard InChI is InChI=1S/C36H64O3S/c1-9-10-11-12-13-14-15-16-17-18-19-20-21-22-23-24-25-40-28(2)32-29(27-31(37)38)26-30(35(3,4)5)34(39)33(32)36(6,7)8/h26,28,39H,9-25,27H2,1-8H3,(H,37,38). The van der Waals surface area contributed by atoms with E-state index in [1.165, 1.54) is 103 Å². The molecule has 1 aromatic carbocycles. The first kappa shape index (κ1) is 36.9. The highest BCUT2D eigenvalue weighted by Gasteiger charge is 2.32. The average Bonchev–Trinajstić information content (AvgIpc) is 2.84. The maximum atomic E-state index is 11.8. The Bertz CT molecular complexity index is 847. The van der Waals surface area contributed by atoms with Crippen molar-refractivity contribution in [2.24, 2.45) is 0 Å². The lowest BCUT2D eigenvalue weighted by Gasteiger charge is -2.33. The van der Waals surface area contributed by atoms with Crippen molar-refractivity contribution in [1.29, 1.82) is 0 Å². The maximum Gasteiger partial charge on any atom is 0.307 e. The van der Waals surface area contributed by atoms with E-state index < -0.39 is 5.97 Å². The molecule has 232 valence electrons. The summed E-state index contributed by atoms with van der Waals surface area (Å²) in [5, 5.41) is 21.2. The van der Waals surface area contributed by atoms with Gasteiger partial charge in [-0.2, -0.15) is 11.8 Å². The Labute approximate surface area is 252 Å². The molecule has 0 saturated carbocycles. The van der Waals surface area contributed by atoms with Crippen molar-refractivity contribution in [3.63, 3.8) is 0 Å². The summed E-state index contributed by atoms with van der Waals surface area (Å²) in [6.45, 7) is 17.1. The average molecular weight is 577 g/mol. The predicted molar refractivity (Wildman–Crippen MR) is 177 cm³/mol. The fourth-order valence-corrected chi connectivity index (χ4v) is 7.00. The minimum Gasteiger partial charge on any atom is -0.507 e. The molecule has 0 aliphatic heterocycles. The number of aromatic hydroxyl groups is 1. The van der Waals surface area contributed by atoms with Crippen molar-refractivity contribution in [2.75, 3.05) is 5.75 Å². The summed E-state index contributed by atoms with van der Waals surface area (Å²) in [5.74, 6) is 0.595. The molecule has 0 saturated heterocycles. The van der Waals surface area contributed by atoms with Gasteiger partial charge in [0.05, 0.1) is 6.42 Å². The SMILES string of the molecule is CCCCCCCCCCCCCCCCCCSC(C)c1c(CC(=O)O)cc(C(C)(C)C)c(O)c1C(C)(C)C. The van der Waals surface area contributed by atoms with E-state index in [9.17, 15) is 15.0 Å². The molecular weight excluding hydrogens is 512 g/mol. The summed E-state index contributed by atoms with van der Waals surface area (Å²) in [6, 6.07) is 1.96. The van der Waals surface area contributed by atoms with Gasteiger partial charge >= 0.3 is 5.97 Å². The van der Waals surface area contributed by atoms with Crippen molar-refractivity contribution < 1.29 is 15.0 Å². The van der Waals surface area contributed by atoms with Gasteiger partial charge in [-0.15, -0.1) is 0 Å². The molecule has 2 N–H and O–H groups in total. The molecule has 0 bridgehead atoms. The van der Waals surface area contributed by atoms with Crippen molar-refractivity contribution in [3.8, 4) is 5.75 Å². The number of carboxylic acids is 1. The molecule has 3 nitrogen and oxygen atoms in total. The summed E-state index contributed by atoms with van der Waals surface area (Å²) < 4.78 is 0. The fraction of sp³-hybridized carbons (Fsp3) is 0.806. The van der Waals surface area contributed by atoms with E-state index >= 15 is 0 Å². The molecule has 1 aromatic rings. The molecule has 40 heavy (non-hydrogen) atoms.